The van der Waals surface area contributed by atoms with Crippen molar-refractivity contribution in [1.29, 1.82) is 0 Å². The zero-order chi connectivity index (χ0) is 14.1. The van der Waals surface area contributed by atoms with E-state index in [2.05, 4.69) is 17.6 Å². The number of benzene rings is 1. The number of halogens is 2. The van der Waals surface area contributed by atoms with E-state index in [-0.39, 0.29) is 0 Å². The quantitative estimate of drug-likeness (QED) is 0.688. The minimum Gasteiger partial charge on any atom is -0.383 e. The van der Waals surface area contributed by atoms with Gasteiger partial charge in [-0.05, 0) is 37.6 Å². The van der Waals surface area contributed by atoms with Gasteiger partial charge in [-0.2, -0.15) is 0 Å². The van der Waals surface area contributed by atoms with Crippen molar-refractivity contribution in [3.63, 3.8) is 0 Å². The lowest BCUT2D eigenvalue weighted by Crippen LogP contribution is -2.38. The summed E-state index contributed by atoms with van der Waals surface area (Å²) in [7, 11) is 1.71. The first kappa shape index (κ1) is 16.7. The number of hydrogen-bond donors (Lipinski definition) is 2. The van der Waals surface area contributed by atoms with Crippen LogP contribution in [0.3, 0.4) is 0 Å². The highest BCUT2D eigenvalue weighted by Crippen LogP contribution is 2.22. The minimum absolute atomic E-state index is 0.430. The maximum Gasteiger partial charge on any atom is 0.0595 e. The maximum atomic E-state index is 5.98. The second-order valence-corrected chi connectivity index (χ2v) is 5.36. The molecule has 0 aliphatic carbocycles. The van der Waals surface area contributed by atoms with E-state index >= 15 is 0 Å². The Bertz CT molecular complexity index is 374. The molecule has 0 radical (unpaired) electrons. The van der Waals surface area contributed by atoms with Gasteiger partial charge in [0, 0.05) is 26.2 Å². The van der Waals surface area contributed by atoms with Crippen LogP contribution in [-0.2, 0) is 11.2 Å². The molecule has 0 bridgehead atoms. The van der Waals surface area contributed by atoms with Crippen molar-refractivity contribution in [2.24, 2.45) is 0 Å². The highest BCUT2D eigenvalue weighted by Gasteiger charge is 2.02. The summed E-state index contributed by atoms with van der Waals surface area (Å²) in [5, 5.41) is 8.01. The molecule has 0 saturated carbocycles. The summed E-state index contributed by atoms with van der Waals surface area (Å²) in [6.07, 6.45) is 0.944. The molecule has 0 spiro atoms. The smallest absolute Gasteiger partial charge is 0.0595 e. The molecule has 0 aliphatic rings. The third-order valence-electron chi connectivity index (χ3n) is 2.82. The van der Waals surface area contributed by atoms with Gasteiger partial charge in [0.2, 0.25) is 0 Å². The van der Waals surface area contributed by atoms with E-state index in [1.165, 1.54) is 5.56 Å². The SMILES string of the molecule is COCCNCC(C)NCCc1ccc(Cl)c(Cl)c1. The van der Waals surface area contributed by atoms with Gasteiger partial charge in [-0.25, -0.2) is 0 Å². The fourth-order valence-corrected chi connectivity index (χ4v) is 2.04. The molecule has 0 amide bonds. The van der Waals surface area contributed by atoms with Crippen LogP contribution in [0.2, 0.25) is 10.0 Å². The molecule has 0 fully saturated rings. The molecule has 1 atom stereocenters. The zero-order valence-corrected chi connectivity index (χ0v) is 13.0. The van der Waals surface area contributed by atoms with Crippen LogP contribution in [0.5, 0.6) is 0 Å². The Morgan fingerprint density at radius 3 is 2.68 bits per heavy atom. The van der Waals surface area contributed by atoms with Gasteiger partial charge in [-0.1, -0.05) is 29.3 Å². The Morgan fingerprint density at radius 2 is 2.00 bits per heavy atom. The van der Waals surface area contributed by atoms with E-state index < -0.39 is 0 Å². The molecule has 0 heterocycles. The lowest BCUT2D eigenvalue weighted by molar-refractivity contribution is 0.198. The number of methoxy groups -OCH3 is 1. The molecule has 5 heteroatoms. The predicted molar refractivity (Wildman–Crippen MR) is 82.4 cm³/mol. The van der Waals surface area contributed by atoms with Crippen molar-refractivity contribution in [2.75, 3.05) is 33.4 Å². The van der Waals surface area contributed by atoms with E-state index in [0.29, 0.717) is 16.1 Å². The number of ether oxygens (including phenoxy) is 1. The number of nitrogens with one attached hydrogen (secondary N) is 2. The summed E-state index contributed by atoms with van der Waals surface area (Å²) in [5.74, 6) is 0. The average Bonchev–Trinajstić information content (AvgIpc) is 2.39. The maximum absolute atomic E-state index is 5.98. The largest absolute Gasteiger partial charge is 0.383 e. The first-order valence-corrected chi connectivity index (χ1v) is 7.26. The van der Waals surface area contributed by atoms with Crippen LogP contribution in [0.25, 0.3) is 0 Å². The Balaban J connectivity index is 2.17. The van der Waals surface area contributed by atoms with Crippen molar-refractivity contribution >= 4 is 23.2 Å². The summed E-state index contributed by atoms with van der Waals surface area (Å²) < 4.78 is 4.98. The molecule has 1 aromatic rings. The third kappa shape index (κ3) is 7.14. The average molecular weight is 305 g/mol. The van der Waals surface area contributed by atoms with Crippen LogP contribution in [0, 0.1) is 0 Å². The molecule has 0 aliphatic heterocycles. The lowest BCUT2D eigenvalue weighted by Gasteiger charge is -2.14. The molecule has 19 heavy (non-hydrogen) atoms. The molecule has 0 saturated heterocycles. The third-order valence-corrected chi connectivity index (χ3v) is 3.56. The van der Waals surface area contributed by atoms with Gasteiger partial charge in [0.1, 0.15) is 0 Å². The summed E-state index contributed by atoms with van der Waals surface area (Å²) in [5.41, 5.74) is 1.20. The lowest BCUT2D eigenvalue weighted by atomic mass is 10.1. The van der Waals surface area contributed by atoms with E-state index in [0.717, 1.165) is 32.7 Å². The standard InChI is InChI=1S/C14H22Cl2N2O/c1-11(10-17-7-8-19-2)18-6-5-12-3-4-13(15)14(16)9-12/h3-4,9,11,17-18H,5-8,10H2,1-2H3. The summed E-state index contributed by atoms with van der Waals surface area (Å²) >= 11 is 11.9. The van der Waals surface area contributed by atoms with Gasteiger partial charge in [-0.3, -0.25) is 0 Å². The van der Waals surface area contributed by atoms with Crippen LogP contribution >= 0.6 is 23.2 Å². The van der Waals surface area contributed by atoms with E-state index in [9.17, 15) is 0 Å². The van der Waals surface area contributed by atoms with Crippen molar-refractivity contribution in [3.05, 3.63) is 33.8 Å². The molecular weight excluding hydrogens is 283 g/mol. The van der Waals surface area contributed by atoms with Crippen LogP contribution in [-0.4, -0.2) is 39.4 Å². The van der Waals surface area contributed by atoms with E-state index in [1.807, 2.05) is 18.2 Å². The van der Waals surface area contributed by atoms with Gasteiger partial charge in [-0.15, -0.1) is 0 Å². The van der Waals surface area contributed by atoms with Crippen LogP contribution in [0.15, 0.2) is 18.2 Å². The monoisotopic (exact) mass is 304 g/mol. The Hall–Kier alpha value is -0.320. The van der Waals surface area contributed by atoms with E-state index in [1.54, 1.807) is 7.11 Å². The minimum atomic E-state index is 0.430. The molecule has 1 aromatic carbocycles. The Labute approximate surface area is 125 Å². The van der Waals surface area contributed by atoms with E-state index in [4.69, 9.17) is 27.9 Å². The predicted octanol–water partition coefficient (Wildman–Crippen LogP) is 2.75. The molecule has 0 aromatic heterocycles. The van der Waals surface area contributed by atoms with Crippen LogP contribution < -0.4 is 10.6 Å². The molecule has 3 nitrogen and oxygen atoms in total. The fourth-order valence-electron chi connectivity index (χ4n) is 1.72. The van der Waals surface area contributed by atoms with Crippen LogP contribution in [0.4, 0.5) is 0 Å². The van der Waals surface area contributed by atoms with Crippen molar-refractivity contribution < 1.29 is 4.74 Å². The highest BCUT2D eigenvalue weighted by molar-refractivity contribution is 6.42. The summed E-state index contributed by atoms with van der Waals surface area (Å²) in [4.78, 5) is 0. The molecule has 1 rings (SSSR count). The van der Waals surface area contributed by atoms with Crippen molar-refractivity contribution in [3.8, 4) is 0 Å². The van der Waals surface area contributed by atoms with Gasteiger partial charge in [0.15, 0.2) is 0 Å². The molecule has 1 unspecified atom stereocenters. The number of rotatable bonds is 9. The topological polar surface area (TPSA) is 33.3 Å². The van der Waals surface area contributed by atoms with Crippen molar-refractivity contribution in [1.82, 2.24) is 10.6 Å². The Morgan fingerprint density at radius 1 is 1.21 bits per heavy atom. The Kier molecular flexibility index (Phi) is 8.42. The number of hydrogen-bond acceptors (Lipinski definition) is 3. The highest BCUT2D eigenvalue weighted by atomic mass is 35.5. The first-order valence-electron chi connectivity index (χ1n) is 6.50. The molecular formula is C14H22Cl2N2O. The van der Waals surface area contributed by atoms with Gasteiger partial charge < -0.3 is 15.4 Å². The second kappa shape index (κ2) is 9.56. The van der Waals surface area contributed by atoms with Gasteiger partial charge in [0.05, 0.1) is 16.7 Å². The first-order chi connectivity index (χ1) is 9.13. The fraction of sp³-hybridized carbons (Fsp3) is 0.571. The summed E-state index contributed by atoms with van der Waals surface area (Å²) in [6.45, 7) is 5.65. The molecule has 2 N–H and O–H groups in total. The van der Waals surface area contributed by atoms with Gasteiger partial charge >= 0.3 is 0 Å². The zero-order valence-electron chi connectivity index (χ0n) is 11.5. The second-order valence-electron chi connectivity index (χ2n) is 4.55. The van der Waals surface area contributed by atoms with Gasteiger partial charge in [0.25, 0.3) is 0 Å². The van der Waals surface area contributed by atoms with Crippen molar-refractivity contribution in [2.45, 2.75) is 19.4 Å². The van der Waals surface area contributed by atoms with Crippen LogP contribution in [0.1, 0.15) is 12.5 Å². The summed E-state index contributed by atoms with van der Waals surface area (Å²) in [6, 6.07) is 6.21. The molecule has 108 valence electrons. The normalized spacial score (nSPS) is 12.6.